The van der Waals surface area contributed by atoms with Gasteiger partial charge in [0.25, 0.3) is 0 Å². The lowest BCUT2D eigenvalue weighted by molar-refractivity contribution is -0.142. The Hall–Kier alpha value is -1.75. The van der Waals surface area contributed by atoms with Gasteiger partial charge in [-0.1, -0.05) is 5.11 Å². The number of carbonyl (C=O) groups excluding carboxylic acids is 2. The fourth-order valence-corrected chi connectivity index (χ4v) is 2.59. The Morgan fingerprint density at radius 2 is 2.06 bits per heavy atom. The Morgan fingerprint density at radius 1 is 1.44 bits per heavy atom. The lowest BCUT2D eigenvalue weighted by atomic mass is 9.91. The fourth-order valence-electron chi connectivity index (χ4n) is 2.59. The lowest BCUT2D eigenvalue weighted by Gasteiger charge is -2.46. The van der Waals surface area contributed by atoms with Crippen molar-refractivity contribution < 1.29 is 9.59 Å². The Bertz CT molecular complexity index is 410. The molecule has 1 aliphatic heterocycles. The van der Waals surface area contributed by atoms with Crippen LogP contribution in [0.5, 0.6) is 0 Å². The van der Waals surface area contributed by atoms with Crippen molar-refractivity contribution in [1.29, 1.82) is 0 Å². The Labute approximate surface area is 106 Å². The maximum Gasteiger partial charge on any atom is 0.229 e. The van der Waals surface area contributed by atoms with Gasteiger partial charge in [0, 0.05) is 23.4 Å². The molecule has 100 valence electrons. The van der Waals surface area contributed by atoms with Gasteiger partial charge in [-0.15, -0.1) is 0 Å². The predicted octanol–water partition coefficient (Wildman–Crippen LogP) is 1.20. The van der Waals surface area contributed by atoms with Crippen LogP contribution < -0.4 is 5.32 Å². The number of hydrogen-bond acceptors (Lipinski definition) is 3. The molecule has 18 heavy (non-hydrogen) atoms. The molecule has 0 aliphatic carbocycles. The van der Waals surface area contributed by atoms with E-state index in [9.17, 15) is 9.59 Å². The molecule has 0 unspecified atom stereocenters. The number of nitrogens with zero attached hydrogens (tertiary/aromatic N) is 4. The van der Waals surface area contributed by atoms with E-state index < -0.39 is 11.1 Å². The first kappa shape index (κ1) is 14.3. The van der Waals surface area contributed by atoms with Gasteiger partial charge in [-0.2, -0.15) is 0 Å². The number of amides is 2. The molecule has 0 atom stereocenters. The number of nitrogens with one attached hydrogen (secondary N) is 1. The molecule has 0 saturated carbocycles. The van der Waals surface area contributed by atoms with Gasteiger partial charge in [0.1, 0.15) is 6.54 Å². The smallest absolute Gasteiger partial charge is 0.229 e. The zero-order valence-electron chi connectivity index (χ0n) is 11.2. The zero-order chi connectivity index (χ0) is 14.0. The molecule has 0 aromatic rings. The van der Waals surface area contributed by atoms with Crippen LogP contribution in [0, 0.1) is 0 Å². The molecule has 7 nitrogen and oxygen atoms in total. The number of hydrogen-bond donors (Lipinski definition) is 1. The summed E-state index contributed by atoms with van der Waals surface area (Å²) in [4.78, 5) is 28.1. The molecule has 1 saturated heterocycles. The van der Waals surface area contributed by atoms with Gasteiger partial charge in [-0.05, 0) is 33.2 Å². The molecule has 0 bridgehead atoms. The largest absolute Gasteiger partial charge is 0.354 e. The van der Waals surface area contributed by atoms with Crippen LogP contribution in [0.2, 0.25) is 0 Å². The highest BCUT2D eigenvalue weighted by Gasteiger charge is 2.44. The van der Waals surface area contributed by atoms with E-state index in [2.05, 4.69) is 15.3 Å². The van der Waals surface area contributed by atoms with Crippen molar-refractivity contribution in [3.63, 3.8) is 0 Å². The lowest BCUT2D eigenvalue weighted by Crippen LogP contribution is -2.60. The minimum Gasteiger partial charge on any atom is -0.354 e. The molecule has 1 rings (SSSR count). The van der Waals surface area contributed by atoms with Gasteiger partial charge >= 0.3 is 0 Å². The van der Waals surface area contributed by atoms with Gasteiger partial charge in [0.2, 0.25) is 11.8 Å². The molecular weight excluding hydrogens is 234 g/mol. The normalized spacial score (nSPS) is 21.6. The number of rotatable bonds is 2. The van der Waals surface area contributed by atoms with Crippen LogP contribution in [0.1, 0.15) is 34.1 Å². The molecule has 1 aliphatic rings. The SMILES string of the molecule is CC1(C)CNC(=O)CC(C)(C)N1C(=O)CN=[N+]=[N-]. The van der Waals surface area contributed by atoms with Crippen molar-refractivity contribution in [1.82, 2.24) is 10.2 Å². The van der Waals surface area contributed by atoms with Crippen molar-refractivity contribution in [2.45, 2.75) is 45.2 Å². The van der Waals surface area contributed by atoms with Crippen LogP contribution in [0.3, 0.4) is 0 Å². The van der Waals surface area contributed by atoms with Crippen LogP contribution in [0.4, 0.5) is 0 Å². The summed E-state index contributed by atoms with van der Waals surface area (Å²) >= 11 is 0. The molecule has 0 aromatic heterocycles. The standard InChI is InChI=1S/C11H19N5O2/c1-10(2)5-8(17)13-7-11(3,4)16(10)9(18)6-14-15-12/h5-7H2,1-4H3,(H,13,17). The van der Waals surface area contributed by atoms with Crippen molar-refractivity contribution >= 4 is 11.8 Å². The van der Waals surface area contributed by atoms with E-state index in [0.717, 1.165) is 0 Å². The third kappa shape index (κ3) is 2.92. The third-order valence-corrected chi connectivity index (χ3v) is 3.04. The van der Waals surface area contributed by atoms with E-state index in [-0.39, 0.29) is 24.8 Å². The van der Waals surface area contributed by atoms with Crippen LogP contribution in [0.15, 0.2) is 5.11 Å². The molecular formula is C11H19N5O2. The highest BCUT2D eigenvalue weighted by molar-refractivity contribution is 5.83. The summed E-state index contributed by atoms with van der Waals surface area (Å²) in [5.41, 5.74) is 7.17. The summed E-state index contributed by atoms with van der Waals surface area (Å²) < 4.78 is 0. The monoisotopic (exact) mass is 253 g/mol. The van der Waals surface area contributed by atoms with E-state index in [1.165, 1.54) is 0 Å². The second-order valence-corrected chi connectivity index (χ2v) is 5.70. The third-order valence-electron chi connectivity index (χ3n) is 3.04. The second-order valence-electron chi connectivity index (χ2n) is 5.70. The zero-order valence-corrected chi connectivity index (χ0v) is 11.2. The van der Waals surface area contributed by atoms with Crippen LogP contribution in [-0.4, -0.2) is 40.9 Å². The maximum absolute atomic E-state index is 12.2. The molecule has 1 fully saturated rings. The van der Waals surface area contributed by atoms with E-state index >= 15 is 0 Å². The predicted molar refractivity (Wildman–Crippen MR) is 66.6 cm³/mol. The summed E-state index contributed by atoms with van der Waals surface area (Å²) in [5.74, 6) is -0.341. The van der Waals surface area contributed by atoms with Crippen molar-refractivity contribution in [3.8, 4) is 0 Å². The van der Waals surface area contributed by atoms with E-state index in [1.807, 2.05) is 27.7 Å². The van der Waals surface area contributed by atoms with Crippen molar-refractivity contribution in [2.75, 3.05) is 13.1 Å². The summed E-state index contributed by atoms with van der Waals surface area (Å²) in [5, 5.41) is 6.11. The fraction of sp³-hybridized carbons (Fsp3) is 0.818. The molecule has 0 radical (unpaired) electrons. The summed E-state index contributed by atoms with van der Waals surface area (Å²) in [7, 11) is 0. The minimum atomic E-state index is -0.605. The Balaban J connectivity index is 3.10. The van der Waals surface area contributed by atoms with Gasteiger partial charge in [0.05, 0.1) is 5.54 Å². The summed E-state index contributed by atoms with van der Waals surface area (Å²) in [6.07, 6.45) is 0.235. The summed E-state index contributed by atoms with van der Waals surface area (Å²) in [6.45, 7) is 7.61. The summed E-state index contributed by atoms with van der Waals surface area (Å²) in [6, 6.07) is 0. The Kier molecular flexibility index (Phi) is 3.86. The quantitative estimate of drug-likeness (QED) is 0.454. The van der Waals surface area contributed by atoms with Gasteiger partial charge in [-0.25, -0.2) is 0 Å². The van der Waals surface area contributed by atoms with E-state index in [1.54, 1.807) is 4.90 Å². The minimum absolute atomic E-state index is 0.0767. The number of carbonyl (C=O) groups is 2. The van der Waals surface area contributed by atoms with Crippen LogP contribution in [-0.2, 0) is 9.59 Å². The highest BCUT2D eigenvalue weighted by Crippen LogP contribution is 2.30. The van der Waals surface area contributed by atoms with E-state index in [4.69, 9.17) is 5.53 Å². The molecule has 0 aromatic carbocycles. The van der Waals surface area contributed by atoms with Crippen molar-refractivity contribution in [2.24, 2.45) is 5.11 Å². The first-order chi connectivity index (χ1) is 8.20. The van der Waals surface area contributed by atoms with Crippen molar-refractivity contribution in [3.05, 3.63) is 10.4 Å². The van der Waals surface area contributed by atoms with Crippen LogP contribution in [0.25, 0.3) is 10.4 Å². The number of azide groups is 1. The molecule has 2 amide bonds. The molecule has 1 heterocycles. The first-order valence-corrected chi connectivity index (χ1v) is 5.81. The van der Waals surface area contributed by atoms with E-state index in [0.29, 0.717) is 6.54 Å². The molecule has 7 heteroatoms. The van der Waals surface area contributed by atoms with Crippen LogP contribution >= 0.6 is 0 Å². The average Bonchev–Trinajstić information content (AvgIpc) is 2.29. The van der Waals surface area contributed by atoms with Gasteiger partial charge in [-0.3, -0.25) is 9.59 Å². The Morgan fingerprint density at radius 3 is 2.61 bits per heavy atom. The molecule has 0 spiro atoms. The second kappa shape index (κ2) is 4.86. The highest BCUT2D eigenvalue weighted by atomic mass is 16.2. The average molecular weight is 253 g/mol. The molecule has 1 N–H and O–H groups in total. The van der Waals surface area contributed by atoms with Gasteiger partial charge < -0.3 is 10.2 Å². The van der Waals surface area contributed by atoms with Gasteiger partial charge in [0.15, 0.2) is 0 Å². The maximum atomic E-state index is 12.2. The topological polar surface area (TPSA) is 98.2 Å². The first-order valence-electron chi connectivity index (χ1n) is 5.81.